The van der Waals surface area contributed by atoms with Gasteiger partial charge in [-0.05, 0) is 36.1 Å². The summed E-state index contributed by atoms with van der Waals surface area (Å²) >= 11 is 4.92. The van der Waals surface area contributed by atoms with Crippen LogP contribution < -0.4 is 5.32 Å². The van der Waals surface area contributed by atoms with Crippen molar-refractivity contribution < 1.29 is 4.79 Å². The SMILES string of the molecule is Cc1cc(Br)c2ccnc(C(=O)Nc3nnc(C(C)C)s3)c2c1. The second-order valence-electron chi connectivity index (χ2n) is 5.56. The van der Waals surface area contributed by atoms with Gasteiger partial charge in [-0.15, -0.1) is 10.2 Å². The lowest BCUT2D eigenvalue weighted by Crippen LogP contribution is -2.14. The molecule has 0 atom stereocenters. The Morgan fingerprint density at radius 3 is 2.74 bits per heavy atom. The van der Waals surface area contributed by atoms with E-state index in [1.807, 2.05) is 39.0 Å². The van der Waals surface area contributed by atoms with Gasteiger partial charge in [-0.2, -0.15) is 0 Å². The van der Waals surface area contributed by atoms with Gasteiger partial charge in [0.2, 0.25) is 5.13 Å². The predicted molar refractivity (Wildman–Crippen MR) is 96.1 cm³/mol. The Bertz CT molecular complexity index is 891. The maximum absolute atomic E-state index is 12.6. The molecule has 0 radical (unpaired) electrons. The number of carbonyl (C=O) groups is 1. The molecule has 1 N–H and O–H groups in total. The number of amides is 1. The van der Waals surface area contributed by atoms with Gasteiger partial charge in [-0.25, -0.2) is 0 Å². The minimum atomic E-state index is -0.278. The lowest BCUT2D eigenvalue weighted by Gasteiger charge is -2.07. The van der Waals surface area contributed by atoms with Gasteiger partial charge in [0.15, 0.2) is 0 Å². The molecular formula is C16H15BrN4OS. The summed E-state index contributed by atoms with van der Waals surface area (Å²) in [6.45, 7) is 6.07. The summed E-state index contributed by atoms with van der Waals surface area (Å²) < 4.78 is 0.946. The van der Waals surface area contributed by atoms with E-state index in [0.717, 1.165) is 25.8 Å². The fourth-order valence-corrected chi connectivity index (χ4v) is 3.68. The monoisotopic (exact) mass is 390 g/mol. The Morgan fingerprint density at radius 1 is 1.26 bits per heavy atom. The summed E-state index contributed by atoms with van der Waals surface area (Å²) in [7, 11) is 0. The number of nitrogens with zero attached hydrogens (tertiary/aromatic N) is 3. The van der Waals surface area contributed by atoms with Crippen LogP contribution in [-0.4, -0.2) is 21.1 Å². The number of hydrogen-bond acceptors (Lipinski definition) is 5. The standard InChI is InChI=1S/C16H15BrN4OS/c1-8(2)15-20-21-16(23-15)19-14(22)13-11-6-9(3)7-12(17)10(11)4-5-18-13/h4-8H,1-3H3,(H,19,21,22). The number of benzene rings is 1. The summed E-state index contributed by atoms with van der Waals surface area (Å²) in [5.41, 5.74) is 1.44. The summed E-state index contributed by atoms with van der Waals surface area (Å²) in [5, 5.41) is 14.0. The van der Waals surface area contributed by atoms with Crippen LogP contribution in [0.4, 0.5) is 5.13 Å². The van der Waals surface area contributed by atoms with Crippen molar-refractivity contribution in [2.75, 3.05) is 5.32 Å². The molecule has 0 saturated heterocycles. The molecule has 0 unspecified atom stereocenters. The zero-order valence-corrected chi connectivity index (χ0v) is 15.3. The van der Waals surface area contributed by atoms with Crippen molar-refractivity contribution in [1.82, 2.24) is 15.2 Å². The molecule has 0 bridgehead atoms. The molecule has 0 saturated carbocycles. The van der Waals surface area contributed by atoms with Crippen LogP contribution in [-0.2, 0) is 0 Å². The first-order valence-electron chi connectivity index (χ1n) is 7.15. The zero-order valence-electron chi connectivity index (χ0n) is 12.9. The molecule has 7 heteroatoms. The molecule has 0 fully saturated rings. The molecule has 1 aromatic carbocycles. The fourth-order valence-electron chi connectivity index (χ4n) is 2.23. The van der Waals surface area contributed by atoms with Crippen molar-refractivity contribution in [2.24, 2.45) is 0 Å². The van der Waals surface area contributed by atoms with Crippen LogP contribution in [0.25, 0.3) is 10.8 Å². The Kier molecular flexibility index (Phi) is 4.41. The molecule has 0 aliphatic rings. The summed E-state index contributed by atoms with van der Waals surface area (Å²) in [5.74, 6) is 0.00648. The normalized spacial score (nSPS) is 11.2. The van der Waals surface area contributed by atoms with E-state index in [9.17, 15) is 4.79 Å². The highest BCUT2D eigenvalue weighted by molar-refractivity contribution is 9.10. The van der Waals surface area contributed by atoms with Crippen molar-refractivity contribution in [3.05, 3.63) is 45.1 Å². The Morgan fingerprint density at radius 2 is 2.04 bits per heavy atom. The van der Waals surface area contributed by atoms with Gasteiger partial charge >= 0.3 is 0 Å². The first-order valence-corrected chi connectivity index (χ1v) is 8.76. The molecule has 3 rings (SSSR count). The van der Waals surface area contributed by atoms with Crippen LogP contribution in [0.1, 0.15) is 40.8 Å². The minimum Gasteiger partial charge on any atom is -0.295 e. The molecule has 2 aromatic heterocycles. The molecule has 0 spiro atoms. The third-order valence-electron chi connectivity index (χ3n) is 3.34. The number of aromatic nitrogens is 3. The first-order chi connectivity index (χ1) is 11.0. The van der Waals surface area contributed by atoms with Crippen LogP contribution in [0, 0.1) is 6.92 Å². The van der Waals surface area contributed by atoms with E-state index in [4.69, 9.17) is 0 Å². The minimum absolute atomic E-state index is 0.278. The second-order valence-corrected chi connectivity index (χ2v) is 7.42. The Balaban J connectivity index is 1.97. The summed E-state index contributed by atoms with van der Waals surface area (Å²) in [6, 6.07) is 5.86. The molecule has 2 heterocycles. The van der Waals surface area contributed by atoms with Crippen molar-refractivity contribution in [3.63, 3.8) is 0 Å². The summed E-state index contributed by atoms with van der Waals surface area (Å²) in [4.78, 5) is 16.8. The number of rotatable bonds is 3. The lowest BCUT2D eigenvalue weighted by atomic mass is 10.1. The molecular weight excluding hydrogens is 376 g/mol. The van der Waals surface area contributed by atoms with E-state index in [-0.39, 0.29) is 11.8 Å². The van der Waals surface area contributed by atoms with Crippen LogP contribution in [0.15, 0.2) is 28.9 Å². The number of carbonyl (C=O) groups excluding carboxylic acids is 1. The highest BCUT2D eigenvalue weighted by Crippen LogP contribution is 2.28. The first kappa shape index (κ1) is 16.0. The maximum atomic E-state index is 12.6. The highest BCUT2D eigenvalue weighted by atomic mass is 79.9. The molecule has 118 valence electrons. The number of fused-ring (bicyclic) bond motifs is 1. The van der Waals surface area contributed by atoms with Crippen molar-refractivity contribution in [1.29, 1.82) is 0 Å². The van der Waals surface area contributed by atoms with E-state index in [2.05, 4.69) is 36.4 Å². The molecule has 3 aromatic rings. The quantitative estimate of drug-likeness (QED) is 0.712. The molecule has 1 amide bonds. The van der Waals surface area contributed by atoms with E-state index in [0.29, 0.717) is 10.8 Å². The topological polar surface area (TPSA) is 67.8 Å². The number of hydrogen-bond donors (Lipinski definition) is 1. The molecule has 0 aliphatic heterocycles. The van der Waals surface area contributed by atoms with Gasteiger partial charge < -0.3 is 0 Å². The van der Waals surface area contributed by atoms with Gasteiger partial charge in [0.1, 0.15) is 10.7 Å². The van der Waals surface area contributed by atoms with Gasteiger partial charge in [0.25, 0.3) is 5.91 Å². The number of aryl methyl sites for hydroxylation is 1. The maximum Gasteiger partial charge on any atom is 0.276 e. The second kappa shape index (κ2) is 6.33. The Labute approximate surface area is 146 Å². The van der Waals surface area contributed by atoms with Gasteiger partial charge in [0.05, 0.1) is 0 Å². The fraction of sp³-hybridized carbons (Fsp3) is 0.250. The van der Waals surface area contributed by atoms with E-state index < -0.39 is 0 Å². The summed E-state index contributed by atoms with van der Waals surface area (Å²) in [6.07, 6.45) is 1.64. The lowest BCUT2D eigenvalue weighted by molar-refractivity contribution is 0.102. The average Bonchev–Trinajstić information content (AvgIpc) is 2.95. The van der Waals surface area contributed by atoms with Crippen molar-refractivity contribution in [2.45, 2.75) is 26.7 Å². The van der Waals surface area contributed by atoms with Crippen LogP contribution in [0.2, 0.25) is 0 Å². The molecule has 5 nitrogen and oxygen atoms in total. The van der Waals surface area contributed by atoms with E-state index in [1.54, 1.807) is 6.20 Å². The number of anilines is 1. The Hall–Kier alpha value is -1.86. The predicted octanol–water partition coefficient (Wildman–Crippen LogP) is 4.53. The number of nitrogens with one attached hydrogen (secondary N) is 1. The van der Waals surface area contributed by atoms with Crippen LogP contribution >= 0.6 is 27.3 Å². The van der Waals surface area contributed by atoms with Gasteiger partial charge in [-0.1, -0.05) is 41.1 Å². The largest absolute Gasteiger partial charge is 0.295 e. The number of pyridine rings is 1. The van der Waals surface area contributed by atoms with E-state index >= 15 is 0 Å². The van der Waals surface area contributed by atoms with E-state index in [1.165, 1.54) is 11.3 Å². The molecule has 0 aliphatic carbocycles. The third kappa shape index (κ3) is 3.25. The molecule has 23 heavy (non-hydrogen) atoms. The third-order valence-corrected chi connectivity index (χ3v) is 5.14. The van der Waals surface area contributed by atoms with Crippen molar-refractivity contribution >= 4 is 49.1 Å². The van der Waals surface area contributed by atoms with Gasteiger partial charge in [-0.3, -0.25) is 15.1 Å². The van der Waals surface area contributed by atoms with Gasteiger partial charge in [0, 0.05) is 22.0 Å². The number of halogens is 1. The van der Waals surface area contributed by atoms with Crippen LogP contribution in [0.5, 0.6) is 0 Å². The highest BCUT2D eigenvalue weighted by Gasteiger charge is 2.16. The van der Waals surface area contributed by atoms with Crippen LogP contribution in [0.3, 0.4) is 0 Å². The smallest absolute Gasteiger partial charge is 0.276 e. The zero-order chi connectivity index (χ0) is 16.6. The van der Waals surface area contributed by atoms with Crippen molar-refractivity contribution in [3.8, 4) is 0 Å². The average molecular weight is 391 g/mol.